The van der Waals surface area contributed by atoms with Gasteiger partial charge in [0.15, 0.2) is 6.29 Å². The number of nitrogens with one attached hydrogen (secondary N) is 1. The second kappa shape index (κ2) is 34.4. The molecule has 7 N–H and O–H groups in total. The van der Waals surface area contributed by atoms with Crippen LogP contribution in [0, 0.1) is 0 Å². The first-order valence-corrected chi connectivity index (χ1v) is 22.3. The standard InChI is InChI=1S/C43H85NO9/c1-3-5-7-9-11-13-15-17-19-21-23-25-27-29-31-36(46)39(48)35(34-52-43-42(51)41(50)40(49)37(33-45)53-43)44-38(47)32-30-28-26-24-22-20-18-16-14-12-10-8-6-4-2/h35-37,39-43,45-46,48-51H,3-34H2,1-2H3,(H,44,47)/t35-,36+,37+,39-,40-,41?,42?,43+/m0/s1. The Balaban J connectivity index is 2.41. The summed E-state index contributed by atoms with van der Waals surface area (Å²) >= 11 is 0. The predicted octanol–water partition coefficient (Wildman–Crippen LogP) is 7.75. The van der Waals surface area contributed by atoms with E-state index in [0.29, 0.717) is 6.42 Å². The van der Waals surface area contributed by atoms with Gasteiger partial charge in [0.1, 0.15) is 30.5 Å². The molecule has 1 heterocycles. The van der Waals surface area contributed by atoms with E-state index in [9.17, 15) is 35.4 Å². The van der Waals surface area contributed by atoms with Crippen LogP contribution in [-0.2, 0) is 14.3 Å². The fraction of sp³-hybridized carbons (Fsp3) is 0.977. The third-order valence-electron chi connectivity index (χ3n) is 11.1. The molecular weight excluding hydrogens is 674 g/mol. The van der Waals surface area contributed by atoms with Crippen LogP contribution in [0.4, 0.5) is 0 Å². The summed E-state index contributed by atoms with van der Waals surface area (Å²) in [7, 11) is 0. The molecule has 1 aliphatic heterocycles. The zero-order chi connectivity index (χ0) is 38.9. The molecule has 1 fully saturated rings. The van der Waals surface area contributed by atoms with E-state index in [0.717, 1.165) is 44.9 Å². The Kier molecular flexibility index (Phi) is 32.6. The van der Waals surface area contributed by atoms with Crippen molar-refractivity contribution in [1.82, 2.24) is 5.32 Å². The van der Waals surface area contributed by atoms with Crippen LogP contribution in [0.3, 0.4) is 0 Å². The molecule has 1 aliphatic rings. The average molecular weight is 760 g/mol. The summed E-state index contributed by atoms with van der Waals surface area (Å²) in [5.41, 5.74) is 0. The first-order valence-electron chi connectivity index (χ1n) is 22.3. The molecule has 2 unspecified atom stereocenters. The largest absolute Gasteiger partial charge is 0.394 e. The van der Waals surface area contributed by atoms with E-state index in [-0.39, 0.29) is 18.9 Å². The fourth-order valence-corrected chi connectivity index (χ4v) is 7.38. The molecule has 0 spiro atoms. The molecule has 1 saturated heterocycles. The van der Waals surface area contributed by atoms with Crippen LogP contribution >= 0.6 is 0 Å². The first-order chi connectivity index (χ1) is 25.8. The average Bonchev–Trinajstić information content (AvgIpc) is 3.16. The van der Waals surface area contributed by atoms with E-state index in [2.05, 4.69) is 19.2 Å². The van der Waals surface area contributed by atoms with Gasteiger partial charge < -0.3 is 45.4 Å². The van der Waals surface area contributed by atoms with E-state index in [1.807, 2.05) is 0 Å². The number of ether oxygens (including phenoxy) is 2. The second-order valence-electron chi connectivity index (χ2n) is 16.0. The number of amides is 1. The van der Waals surface area contributed by atoms with Gasteiger partial charge in [-0.2, -0.15) is 0 Å². The molecule has 0 saturated carbocycles. The minimum Gasteiger partial charge on any atom is -0.394 e. The Hall–Kier alpha value is -0.850. The number of unbranched alkanes of at least 4 members (excludes halogenated alkanes) is 26. The van der Waals surface area contributed by atoms with Gasteiger partial charge >= 0.3 is 0 Å². The van der Waals surface area contributed by atoms with E-state index >= 15 is 0 Å². The summed E-state index contributed by atoms with van der Waals surface area (Å²) in [6.07, 6.45) is 25.3. The van der Waals surface area contributed by atoms with Crippen LogP contribution in [-0.4, -0.2) is 98.7 Å². The number of rotatable bonds is 37. The summed E-state index contributed by atoms with van der Waals surface area (Å²) in [4.78, 5) is 13.0. The number of hydrogen-bond donors (Lipinski definition) is 7. The highest BCUT2D eigenvalue weighted by Crippen LogP contribution is 2.23. The van der Waals surface area contributed by atoms with Gasteiger partial charge in [0.2, 0.25) is 5.91 Å². The summed E-state index contributed by atoms with van der Waals surface area (Å²) in [5, 5.41) is 65.1. The van der Waals surface area contributed by atoms with Crippen molar-refractivity contribution in [3.8, 4) is 0 Å². The molecule has 1 amide bonds. The predicted molar refractivity (Wildman–Crippen MR) is 214 cm³/mol. The molecule has 0 aromatic carbocycles. The maximum absolute atomic E-state index is 13.0. The SMILES string of the molecule is CCCCCCCCCCCCCCCCC(=O)N[C@@H](CO[C@@H]1O[C@H](CO)[C@H](O)C(O)C1O)[C@H](O)[C@H](O)CCCCCCCCCCCCCCCC. The van der Waals surface area contributed by atoms with Gasteiger partial charge in [-0.3, -0.25) is 4.79 Å². The lowest BCUT2D eigenvalue weighted by Crippen LogP contribution is -2.60. The Morgan fingerprint density at radius 3 is 1.40 bits per heavy atom. The van der Waals surface area contributed by atoms with Crippen LogP contribution in [0.2, 0.25) is 0 Å². The van der Waals surface area contributed by atoms with E-state index in [4.69, 9.17) is 9.47 Å². The van der Waals surface area contributed by atoms with E-state index in [1.165, 1.54) is 135 Å². The Morgan fingerprint density at radius 1 is 0.585 bits per heavy atom. The topological polar surface area (TPSA) is 169 Å². The molecule has 0 bridgehead atoms. The first kappa shape index (κ1) is 50.2. The van der Waals surface area contributed by atoms with Crippen molar-refractivity contribution in [2.75, 3.05) is 13.2 Å². The Labute approximate surface area is 324 Å². The molecule has 0 aliphatic carbocycles. The van der Waals surface area contributed by atoms with Crippen LogP contribution in [0.5, 0.6) is 0 Å². The minimum atomic E-state index is -1.60. The van der Waals surface area contributed by atoms with Crippen molar-refractivity contribution in [1.29, 1.82) is 0 Å². The van der Waals surface area contributed by atoms with Crippen LogP contribution in [0.1, 0.15) is 206 Å². The Morgan fingerprint density at radius 2 is 0.981 bits per heavy atom. The maximum atomic E-state index is 13.0. The zero-order valence-corrected chi connectivity index (χ0v) is 34.2. The minimum absolute atomic E-state index is 0.255. The van der Waals surface area contributed by atoms with Crippen molar-refractivity contribution in [2.45, 2.75) is 255 Å². The zero-order valence-electron chi connectivity index (χ0n) is 34.2. The number of carbonyl (C=O) groups excluding carboxylic acids is 1. The lowest BCUT2D eigenvalue weighted by molar-refractivity contribution is -0.303. The van der Waals surface area contributed by atoms with Crippen molar-refractivity contribution in [2.24, 2.45) is 0 Å². The van der Waals surface area contributed by atoms with Crippen molar-refractivity contribution in [3.05, 3.63) is 0 Å². The number of aliphatic hydroxyl groups excluding tert-OH is 6. The summed E-state index contributed by atoms with van der Waals surface area (Å²) in [6, 6.07) is -0.983. The molecule has 0 aromatic rings. The second-order valence-corrected chi connectivity index (χ2v) is 16.0. The fourth-order valence-electron chi connectivity index (χ4n) is 7.38. The molecule has 1 rings (SSSR count). The lowest BCUT2D eigenvalue weighted by atomic mass is 9.98. The van der Waals surface area contributed by atoms with Gasteiger partial charge in [0, 0.05) is 6.42 Å². The summed E-state index contributed by atoms with van der Waals surface area (Å²) < 4.78 is 11.1. The normalized spacial score (nSPS) is 22.2. The van der Waals surface area contributed by atoms with Gasteiger partial charge in [-0.15, -0.1) is 0 Å². The highest BCUT2D eigenvalue weighted by atomic mass is 16.7. The highest BCUT2D eigenvalue weighted by Gasteiger charge is 2.44. The van der Waals surface area contributed by atoms with Crippen molar-refractivity contribution >= 4 is 5.91 Å². The molecule has 53 heavy (non-hydrogen) atoms. The molecule has 0 aromatic heterocycles. The van der Waals surface area contributed by atoms with Gasteiger partial charge in [0.05, 0.1) is 25.4 Å². The highest BCUT2D eigenvalue weighted by molar-refractivity contribution is 5.76. The molecular formula is C43H85NO9. The van der Waals surface area contributed by atoms with Gasteiger partial charge in [-0.25, -0.2) is 0 Å². The van der Waals surface area contributed by atoms with E-state index in [1.54, 1.807) is 0 Å². The number of hydrogen-bond acceptors (Lipinski definition) is 9. The van der Waals surface area contributed by atoms with Crippen LogP contribution in [0.15, 0.2) is 0 Å². The van der Waals surface area contributed by atoms with Crippen LogP contribution < -0.4 is 5.32 Å². The monoisotopic (exact) mass is 760 g/mol. The van der Waals surface area contributed by atoms with Crippen molar-refractivity contribution < 1.29 is 44.9 Å². The number of aliphatic hydroxyl groups is 6. The number of carbonyl (C=O) groups is 1. The summed E-state index contributed by atoms with van der Waals surface area (Å²) in [5.74, 6) is -0.255. The van der Waals surface area contributed by atoms with E-state index < -0.39 is 55.6 Å². The van der Waals surface area contributed by atoms with Gasteiger partial charge in [-0.05, 0) is 12.8 Å². The van der Waals surface area contributed by atoms with Gasteiger partial charge in [-0.1, -0.05) is 187 Å². The van der Waals surface area contributed by atoms with Gasteiger partial charge in [0.25, 0.3) is 0 Å². The maximum Gasteiger partial charge on any atom is 0.220 e. The molecule has 8 atom stereocenters. The lowest BCUT2D eigenvalue weighted by Gasteiger charge is -2.40. The van der Waals surface area contributed by atoms with Crippen molar-refractivity contribution in [3.63, 3.8) is 0 Å². The summed E-state index contributed by atoms with van der Waals surface area (Å²) in [6.45, 7) is 3.61. The third kappa shape index (κ3) is 25.1. The third-order valence-corrected chi connectivity index (χ3v) is 11.1. The molecule has 10 heteroatoms. The quantitative estimate of drug-likeness (QED) is 0.0313. The van der Waals surface area contributed by atoms with Crippen LogP contribution in [0.25, 0.3) is 0 Å². The molecule has 0 radical (unpaired) electrons. The Bertz CT molecular complexity index is 819. The molecule has 10 nitrogen and oxygen atoms in total. The smallest absolute Gasteiger partial charge is 0.220 e. The molecule has 316 valence electrons.